The summed E-state index contributed by atoms with van der Waals surface area (Å²) in [6, 6.07) is 1.36. The maximum absolute atomic E-state index is 3.73. The molecular formula is C15H32N2S. The van der Waals surface area contributed by atoms with E-state index in [1.54, 1.807) is 0 Å². The van der Waals surface area contributed by atoms with E-state index < -0.39 is 0 Å². The molecule has 108 valence electrons. The molecule has 0 bridgehead atoms. The molecule has 0 aromatic heterocycles. The van der Waals surface area contributed by atoms with Crippen LogP contribution in [0.2, 0.25) is 0 Å². The fourth-order valence-corrected chi connectivity index (χ4v) is 3.31. The van der Waals surface area contributed by atoms with E-state index in [4.69, 9.17) is 0 Å². The van der Waals surface area contributed by atoms with Crippen LogP contribution in [0.1, 0.15) is 47.5 Å². The first-order valence-electron chi connectivity index (χ1n) is 7.50. The van der Waals surface area contributed by atoms with Gasteiger partial charge < -0.3 is 5.32 Å². The van der Waals surface area contributed by atoms with Crippen molar-refractivity contribution in [1.82, 2.24) is 10.2 Å². The molecule has 1 rings (SSSR count). The molecule has 0 aliphatic carbocycles. The summed E-state index contributed by atoms with van der Waals surface area (Å²) in [4.78, 5) is 2.70. The molecule has 0 spiro atoms. The second kappa shape index (κ2) is 7.76. The quantitative estimate of drug-likeness (QED) is 0.774. The summed E-state index contributed by atoms with van der Waals surface area (Å²) in [6.45, 7) is 15.4. The van der Waals surface area contributed by atoms with Gasteiger partial charge in [0.05, 0.1) is 0 Å². The lowest BCUT2D eigenvalue weighted by molar-refractivity contribution is 0.159. The molecule has 0 radical (unpaired) electrons. The third kappa shape index (κ3) is 5.50. The monoisotopic (exact) mass is 272 g/mol. The van der Waals surface area contributed by atoms with Gasteiger partial charge in [0.25, 0.3) is 0 Å². The maximum atomic E-state index is 3.73. The predicted octanol–water partition coefficient (Wildman–Crippen LogP) is 3.23. The summed E-state index contributed by atoms with van der Waals surface area (Å²) in [5, 5.41) is 3.73. The predicted molar refractivity (Wildman–Crippen MR) is 84.5 cm³/mol. The zero-order chi connectivity index (χ0) is 13.6. The molecule has 3 heteroatoms. The van der Waals surface area contributed by atoms with Gasteiger partial charge in [-0.3, -0.25) is 4.90 Å². The third-order valence-corrected chi connectivity index (χ3v) is 4.92. The molecule has 0 saturated carbocycles. The summed E-state index contributed by atoms with van der Waals surface area (Å²) in [6.07, 6.45) is 2.62. The summed E-state index contributed by atoms with van der Waals surface area (Å²) in [5.74, 6) is 2.56. The average molecular weight is 273 g/mol. The topological polar surface area (TPSA) is 15.3 Å². The molecule has 0 aromatic rings. The molecule has 1 heterocycles. The second-order valence-electron chi connectivity index (χ2n) is 6.56. The Bertz CT molecular complexity index is 225. The largest absolute Gasteiger partial charge is 0.312 e. The van der Waals surface area contributed by atoms with Crippen molar-refractivity contribution >= 4 is 11.8 Å². The molecule has 1 fully saturated rings. The lowest BCUT2D eigenvalue weighted by Crippen LogP contribution is -2.48. The number of nitrogens with zero attached hydrogens (tertiary/aromatic N) is 1. The van der Waals surface area contributed by atoms with Crippen molar-refractivity contribution in [2.24, 2.45) is 5.41 Å². The lowest BCUT2D eigenvalue weighted by Gasteiger charge is -2.36. The minimum absolute atomic E-state index is 0.362. The Morgan fingerprint density at radius 1 is 1.39 bits per heavy atom. The zero-order valence-electron chi connectivity index (χ0n) is 13.0. The van der Waals surface area contributed by atoms with Crippen LogP contribution >= 0.6 is 11.8 Å². The highest BCUT2D eigenvalue weighted by atomic mass is 32.2. The van der Waals surface area contributed by atoms with Gasteiger partial charge in [0.15, 0.2) is 0 Å². The molecule has 0 amide bonds. The van der Waals surface area contributed by atoms with Crippen LogP contribution in [0.25, 0.3) is 0 Å². The van der Waals surface area contributed by atoms with E-state index in [2.05, 4.69) is 56.6 Å². The van der Waals surface area contributed by atoms with Crippen molar-refractivity contribution in [1.29, 1.82) is 0 Å². The second-order valence-corrected chi connectivity index (χ2v) is 7.95. The first-order valence-corrected chi connectivity index (χ1v) is 8.65. The van der Waals surface area contributed by atoms with Gasteiger partial charge in [0, 0.05) is 18.6 Å². The van der Waals surface area contributed by atoms with Crippen molar-refractivity contribution in [3.63, 3.8) is 0 Å². The first-order chi connectivity index (χ1) is 8.45. The van der Waals surface area contributed by atoms with E-state index >= 15 is 0 Å². The molecule has 18 heavy (non-hydrogen) atoms. The Kier molecular flexibility index (Phi) is 7.04. The van der Waals surface area contributed by atoms with Crippen molar-refractivity contribution < 1.29 is 0 Å². The van der Waals surface area contributed by atoms with Gasteiger partial charge in [0.2, 0.25) is 0 Å². The van der Waals surface area contributed by atoms with Crippen LogP contribution in [0.3, 0.4) is 0 Å². The number of nitrogens with one attached hydrogen (secondary N) is 1. The first kappa shape index (κ1) is 16.3. The molecule has 1 aliphatic rings. The number of hydrogen-bond donors (Lipinski definition) is 1. The third-order valence-electron chi connectivity index (χ3n) is 3.98. The van der Waals surface area contributed by atoms with Gasteiger partial charge in [-0.2, -0.15) is 11.8 Å². The molecule has 2 unspecified atom stereocenters. The van der Waals surface area contributed by atoms with E-state index in [0.29, 0.717) is 11.5 Å². The smallest absolute Gasteiger partial charge is 0.0243 e. The molecule has 0 aromatic carbocycles. The molecule has 2 nitrogen and oxygen atoms in total. The van der Waals surface area contributed by atoms with Crippen LogP contribution in [0.5, 0.6) is 0 Å². The summed E-state index contributed by atoms with van der Waals surface area (Å²) < 4.78 is 0. The normalized spacial score (nSPS) is 24.8. The molecule has 1 aliphatic heterocycles. The van der Waals surface area contributed by atoms with Gasteiger partial charge in [-0.15, -0.1) is 0 Å². The molecule has 1 N–H and O–H groups in total. The maximum Gasteiger partial charge on any atom is 0.0243 e. The minimum atomic E-state index is 0.362. The summed E-state index contributed by atoms with van der Waals surface area (Å²) in [7, 11) is 0. The fraction of sp³-hybridized carbons (Fsp3) is 1.00. The van der Waals surface area contributed by atoms with Crippen LogP contribution in [-0.4, -0.2) is 48.1 Å². The van der Waals surface area contributed by atoms with Crippen LogP contribution in [0.4, 0.5) is 0 Å². The van der Waals surface area contributed by atoms with Gasteiger partial charge in [-0.05, 0) is 49.8 Å². The molecular weight excluding hydrogens is 240 g/mol. The van der Waals surface area contributed by atoms with Crippen molar-refractivity contribution in [2.75, 3.05) is 31.1 Å². The fourth-order valence-electron chi connectivity index (χ4n) is 2.51. The Morgan fingerprint density at radius 2 is 2.11 bits per heavy atom. The van der Waals surface area contributed by atoms with Gasteiger partial charge in [-0.1, -0.05) is 27.7 Å². The van der Waals surface area contributed by atoms with Crippen molar-refractivity contribution in [3.8, 4) is 0 Å². The standard InChI is InChI=1S/C15H32N2S/c1-6-18-11-8-13(2)17-10-7-9-16-14(12-17)15(3,4)5/h13-14,16H,6-12H2,1-5H3. The minimum Gasteiger partial charge on any atom is -0.312 e. The van der Waals surface area contributed by atoms with Crippen LogP contribution in [0, 0.1) is 5.41 Å². The Labute approximate surface area is 118 Å². The van der Waals surface area contributed by atoms with Crippen LogP contribution < -0.4 is 5.32 Å². The van der Waals surface area contributed by atoms with Crippen LogP contribution in [-0.2, 0) is 0 Å². The number of thioether (sulfide) groups is 1. The SMILES string of the molecule is CCSCCC(C)N1CCCNC(C(C)(C)C)C1. The summed E-state index contributed by atoms with van der Waals surface area (Å²) >= 11 is 2.07. The highest BCUT2D eigenvalue weighted by Crippen LogP contribution is 2.23. The van der Waals surface area contributed by atoms with E-state index in [1.807, 2.05) is 0 Å². The molecule has 1 saturated heterocycles. The van der Waals surface area contributed by atoms with Gasteiger partial charge in [-0.25, -0.2) is 0 Å². The van der Waals surface area contributed by atoms with E-state index in [-0.39, 0.29) is 0 Å². The average Bonchev–Trinajstić information content (AvgIpc) is 2.54. The summed E-state index contributed by atoms with van der Waals surface area (Å²) in [5.41, 5.74) is 0.362. The van der Waals surface area contributed by atoms with Gasteiger partial charge >= 0.3 is 0 Å². The van der Waals surface area contributed by atoms with Crippen molar-refractivity contribution in [2.45, 2.75) is 59.5 Å². The Balaban J connectivity index is 2.47. The van der Waals surface area contributed by atoms with Crippen LogP contribution in [0.15, 0.2) is 0 Å². The van der Waals surface area contributed by atoms with Gasteiger partial charge in [0.1, 0.15) is 0 Å². The molecule has 2 atom stereocenters. The van der Waals surface area contributed by atoms with Crippen molar-refractivity contribution in [3.05, 3.63) is 0 Å². The van der Waals surface area contributed by atoms with E-state index in [1.165, 1.54) is 44.0 Å². The van der Waals surface area contributed by atoms with E-state index in [9.17, 15) is 0 Å². The lowest BCUT2D eigenvalue weighted by atomic mass is 9.86. The Morgan fingerprint density at radius 3 is 2.72 bits per heavy atom. The van der Waals surface area contributed by atoms with E-state index in [0.717, 1.165) is 6.04 Å². The Hall–Kier alpha value is 0.270. The number of hydrogen-bond acceptors (Lipinski definition) is 3. The highest BCUT2D eigenvalue weighted by molar-refractivity contribution is 7.99. The zero-order valence-corrected chi connectivity index (χ0v) is 13.8. The number of rotatable bonds is 5. The highest BCUT2D eigenvalue weighted by Gasteiger charge is 2.29.